The Morgan fingerprint density at radius 1 is 0.829 bits per heavy atom. The van der Waals surface area contributed by atoms with Crippen molar-refractivity contribution in [2.75, 3.05) is 0 Å². The zero-order valence-corrected chi connectivity index (χ0v) is 22.5. The number of carbonyl (C=O) groups excluding carboxylic acids is 5. The number of carbonyl (C=O) groups is 5. The van der Waals surface area contributed by atoms with E-state index >= 15 is 0 Å². The van der Waals surface area contributed by atoms with E-state index in [4.69, 9.17) is 17.2 Å². The van der Waals surface area contributed by atoms with Gasteiger partial charge in [-0.1, -0.05) is 48.5 Å². The normalized spacial score (nSPS) is 14.7. The van der Waals surface area contributed by atoms with Crippen molar-refractivity contribution in [2.45, 2.75) is 56.5 Å². The average Bonchev–Trinajstić information content (AvgIpc) is 3.33. The van der Waals surface area contributed by atoms with Gasteiger partial charge in [0.15, 0.2) is 0 Å². The number of primary amides is 2. The van der Waals surface area contributed by atoms with Crippen LogP contribution in [-0.2, 0) is 36.8 Å². The second kappa shape index (κ2) is 14.1. The quantitative estimate of drug-likeness (QED) is 0.115. The Balaban J connectivity index is 1.68. The van der Waals surface area contributed by atoms with Crippen LogP contribution in [0.5, 0.6) is 0 Å². The van der Waals surface area contributed by atoms with Crippen LogP contribution in [0, 0.1) is 0 Å². The molecule has 0 aliphatic rings. The van der Waals surface area contributed by atoms with Crippen molar-refractivity contribution in [3.63, 3.8) is 0 Å². The van der Waals surface area contributed by atoms with Crippen LogP contribution in [0.4, 0.5) is 0 Å². The lowest BCUT2D eigenvalue weighted by Gasteiger charge is -2.26. The van der Waals surface area contributed by atoms with E-state index in [9.17, 15) is 29.1 Å². The fraction of sp³-hybridized carbons (Fsp3) is 0.321. The topological polar surface area (TPSA) is 236 Å². The molecular weight excluding hydrogens is 530 g/mol. The van der Waals surface area contributed by atoms with E-state index in [1.54, 1.807) is 36.5 Å². The number of amides is 5. The van der Waals surface area contributed by atoms with Gasteiger partial charge in [-0.15, -0.1) is 0 Å². The van der Waals surface area contributed by atoms with Gasteiger partial charge in [0.2, 0.25) is 29.5 Å². The fourth-order valence-corrected chi connectivity index (χ4v) is 4.31. The van der Waals surface area contributed by atoms with Crippen LogP contribution in [0.15, 0.2) is 60.8 Å². The molecule has 0 bridgehead atoms. The van der Waals surface area contributed by atoms with E-state index in [2.05, 4.69) is 20.9 Å². The SMILES string of the molecule is C[C@@H](O)[C@H](NC(=O)[C@@H](N)Cc1c[nH]c2ccccc12)C(=O)N[C@@H](CC(N)=O)C(=O)N[C@@H](Cc1ccccc1)C(N)=O. The second-order valence-corrected chi connectivity index (χ2v) is 9.78. The standard InChI is InChI=1S/C28H35N7O6/c1-15(36)24(35-26(39)19(29)12-17-14-32-20-10-6-5-9-18(17)20)28(41)34-22(13-23(30)37)27(40)33-21(25(31)38)11-16-7-3-2-4-8-16/h2-10,14-15,19,21-22,24,32,36H,11-13,29H2,1H3,(H2,30,37)(H2,31,38)(H,33,40)(H,34,41)(H,35,39)/t15-,19+,21+,22+,24+/m1/s1. The third-order valence-corrected chi connectivity index (χ3v) is 6.50. The molecule has 0 unspecified atom stereocenters. The van der Waals surface area contributed by atoms with Crippen LogP contribution in [0.1, 0.15) is 24.5 Å². The molecule has 13 heteroatoms. The second-order valence-electron chi connectivity index (χ2n) is 9.78. The number of rotatable bonds is 14. The number of aromatic amines is 1. The maximum Gasteiger partial charge on any atom is 0.245 e. The van der Waals surface area contributed by atoms with E-state index in [1.807, 2.05) is 24.3 Å². The van der Waals surface area contributed by atoms with E-state index in [0.717, 1.165) is 16.5 Å². The Bertz CT molecular complexity index is 1390. The number of fused-ring (bicyclic) bond motifs is 1. The molecule has 0 radical (unpaired) electrons. The smallest absolute Gasteiger partial charge is 0.245 e. The molecule has 2 aromatic carbocycles. The summed E-state index contributed by atoms with van der Waals surface area (Å²) in [6.07, 6.45) is -0.0598. The molecule has 1 aromatic heterocycles. The van der Waals surface area contributed by atoms with E-state index in [1.165, 1.54) is 6.92 Å². The van der Waals surface area contributed by atoms with Gasteiger partial charge >= 0.3 is 0 Å². The third kappa shape index (κ3) is 8.62. The van der Waals surface area contributed by atoms with Gasteiger partial charge in [0.25, 0.3) is 0 Å². The minimum Gasteiger partial charge on any atom is -0.391 e. The first kappa shape index (κ1) is 30.8. The number of nitrogens with one attached hydrogen (secondary N) is 4. The predicted octanol–water partition coefficient (Wildman–Crippen LogP) is -1.52. The lowest BCUT2D eigenvalue weighted by Crippen LogP contribution is -2.60. The largest absolute Gasteiger partial charge is 0.391 e. The Morgan fingerprint density at radius 3 is 2.10 bits per heavy atom. The molecule has 5 amide bonds. The molecule has 41 heavy (non-hydrogen) atoms. The first-order valence-corrected chi connectivity index (χ1v) is 13.0. The zero-order chi connectivity index (χ0) is 30.1. The summed E-state index contributed by atoms with van der Waals surface area (Å²) in [7, 11) is 0. The fourth-order valence-electron chi connectivity index (χ4n) is 4.31. The number of para-hydroxylation sites is 1. The number of aliphatic hydroxyl groups is 1. The number of aliphatic hydroxyl groups excluding tert-OH is 1. The number of hydrogen-bond donors (Lipinski definition) is 8. The summed E-state index contributed by atoms with van der Waals surface area (Å²) in [6.45, 7) is 1.27. The Labute approximate surface area is 236 Å². The molecule has 13 nitrogen and oxygen atoms in total. The van der Waals surface area contributed by atoms with Crippen LogP contribution in [0.25, 0.3) is 10.9 Å². The molecule has 0 aliphatic carbocycles. The average molecular weight is 566 g/mol. The number of hydrogen-bond acceptors (Lipinski definition) is 7. The third-order valence-electron chi connectivity index (χ3n) is 6.50. The van der Waals surface area contributed by atoms with Gasteiger partial charge in [0.05, 0.1) is 18.6 Å². The van der Waals surface area contributed by atoms with Crippen LogP contribution < -0.4 is 33.2 Å². The molecule has 0 fully saturated rings. The molecule has 3 aromatic rings. The molecular formula is C28H35N7O6. The maximum atomic E-state index is 13.1. The highest BCUT2D eigenvalue weighted by Crippen LogP contribution is 2.18. The lowest BCUT2D eigenvalue weighted by molar-refractivity contribution is -0.136. The number of benzene rings is 2. The van der Waals surface area contributed by atoms with Gasteiger partial charge in [-0.2, -0.15) is 0 Å². The zero-order valence-electron chi connectivity index (χ0n) is 22.5. The number of nitrogens with two attached hydrogens (primary N) is 3. The molecule has 0 saturated carbocycles. The van der Waals surface area contributed by atoms with Crippen molar-refractivity contribution < 1.29 is 29.1 Å². The number of H-pyrrole nitrogens is 1. The highest BCUT2D eigenvalue weighted by atomic mass is 16.3. The lowest BCUT2D eigenvalue weighted by atomic mass is 10.0. The Morgan fingerprint density at radius 2 is 1.46 bits per heavy atom. The molecule has 0 saturated heterocycles. The van der Waals surface area contributed by atoms with Crippen molar-refractivity contribution in [3.8, 4) is 0 Å². The highest BCUT2D eigenvalue weighted by molar-refractivity contribution is 5.97. The minimum atomic E-state index is -1.52. The number of aromatic nitrogens is 1. The Hall–Kier alpha value is -4.75. The summed E-state index contributed by atoms with van der Waals surface area (Å²) in [5.74, 6) is -4.33. The predicted molar refractivity (Wildman–Crippen MR) is 151 cm³/mol. The van der Waals surface area contributed by atoms with Crippen molar-refractivity contribution >= 4 is 40.4 Å². The van der Waals surface area contributed by atoms with E-state index in [0.29, 0.717) is 5.56 Å². The van der Waals surface area contributed by atoms with E-state index in [-0.39, 0.29) is 12.8 Å². The summed E-state index contributed by atoms with van der Waals surface area (Å²) < 4.78 is 0. The van der Waals surface area contributed by atoms with Crippen molar-refractivity contribution in [2.24, 2.45) is 17.2 Å². The van der Waals surface area contributed by atoms with Gasteiger partial charge in [-0.05, 0) is 30.5 Å². The molecule has 1 heterocycles. The summed E-state index contributed by atoms with van der Waals surface area (Å²) in [5.41, 5.74) is 19.2. The highest BCUT2D eigenvalue weighted by Gasteiger charge is 2.33. The molecule has 11 N–H and O–H groups in total. The molecule has 3 rings (SSSR count). The molecule has 5 atom stereocenters. The molecule has 218 valence electrons. The minimum absolute atomic E-state index is 0.0693. The molecule has 0 aliphatic heterocycles. The first-order chi connectivity index (χ1) is 19.5. The monoisotopic (exact) mass is 565 g/mol. The summed E-state index contributed by atoms with van der Waals surface area (Å²) in [4.78, 5) is 65.8. The van der Waals surface area contributed by atoms with Crippen LogP contribution in [0.2, 0.25) is 0 Å². The van der Waals surface area contributed by atoms with Crippen LogP contribution in [0.3, 0.4) is 0 Å². The van der Waals surface area contributed by atoms with Gasteiger partial charge in [-0.3, -0.25) is 24.0 Å². The summed E-state index contributed by atoms with van der Waals surface area (Å²) in [6, 6.07) is 11.0. The Kier molecular flexibility index (Phi) is 10.6. The van der Waals surface area contributed by atoms with Crippen molar-refractivity contribution in [1.82, 2.24) is 20.9 Å². The van der Waals surface area contributed by atoms with E-state index < -0.39 is 66.2 Å². The van der Waals surface area contributed by atoms with Gasteiger partial charge in [0, 0.05) is 23.5 Å². The van der Waals surface area contributed by atoms with Crippen molar-refractivity contribution in [3.05, 3.63) is 71.9 Å². The summed E-state index contributed by atoms with van der Waals surface area (Å²) >= 11 is 0. The van der Waals surface area contributed by atoms with Gasteiger partial charge in [-0.25, -0.2) is 0 Å². The van der Waals surface area contributed by atoms with Crippen LogP contribution in [-0.4, -0.2) is 69.9 Å². The van der Waals surface area contributed by atoms with Gasteiger partial charge in [0.1, 0.15) is 18.1 Å². The van der Waals surface area contributed by atoms with Crippen LogP contribution >= 0.6 is 0 Å². The molecule has 0 spiro atoms. The maximum absolute atomic E-state index is 13.1. The van der Waals surface area contributed by atoms with Gasteiger partial charge < -0.3 is 43.2 Å². The summed E-state index contributed by atoms with van der Waals surface area (Å²) in [5, 5.41) is 18.3. The first-order valence-electron chi connectivity index (χ1n) is 13.0. The van der Waals surface area contributed by atoms with Crippen molar-refractivity contribution in [1.29, 1.82) is 0 Å².